The van der Waals surface area contributed by atoms with Crippen molar-refractivity contribution < 1.29 is 9.59 Å². The number of para-hydroxylation sites is 1. The summed E-state index contributed by atoms with van der Waals surface area (Å²) in [5.74, 6) is -0.502. The predicted molar refractivity (Wildman–Crippen MR) is 120 cm³/mol. The molecule has 0 bridgehead atoms. The summed E-state index contributed by atoms with van der Waals surface area (Å²) in [5.41, 5.74) is 5.23. The number of rotatable bonds is 6. The molecule has 31 heavy (non-hydrogen) atoms. The molecule has 0 saturated heterocycles. The van der Waals surface area contributed by atoms with Crippen molar-refractivity contribution in [1.29, 1.82) is 0 Å². The van der Waals surface area contributed by atoms with Crippen LogP contribution in [0.4, 0.5) is 5.69 Å². The number of aromatic nitrogens is 3. The summed E-state index contributed by atoms with van der Waals surface area (Å²) in [6.07, 6.45) is 3.73. The molecule has 4 aromatic rings. The molecular formula is C24H23N5O2. The van der Waals surface area contributed by atoms with Crippen LogP contribution in [0.15, 0.2) is 67.0 Å². The zero-order valence-corrected chi connectivity index (χ0v) is 17.4. The molecule has 7 nitrogen and oxygen atoms in total. The number of nitrogens with one attached hydrogen (secondary N) is 2. The maximum Gasteiger partial charge on any atom is 0.243 e. The molecule has 156 valence electrons. The number of fused-ring (bicyclic) bond motifs is 1. The van der Waals surface area contributed by atoms with Crippen molar-refractivity contribution in [3.05, 3.63) is 83.8 Å². The number of nitrogens with zero attached hydrogens (tertiary/aromatic N) is 3. The van der Waals surface area contributed by atoms with Crippen LogP contribution in [0.5, 0.6) is 0 Å². The Balaban J connectivity index is 1.34. The van der Waals surface area contributed by atoms with Crippen LogP contribution >= 0.6 is 0 Å². The summed E-state index contributed by atoms with van der Waals surface area (Å²) in [7, 11) is 0. The van der Waals surface area contributed by atoms with E-state index in [-0.39, 0.29) is 24.8 Å². The lowest BCUT2D eigenvalue weighted by Crippen LogP contribution is -2.34. The maximum atomic E-state index is 12.5. The monoisotopic (exact) mass is 413 g/mol. The molecular weight excluding hydrogens is 390 g/mol. The van der Waals surface area contributed by atoms with Gasteiger partial charge in [0.1, 0.15) is 0 Å². The van der Waals surface area contributed by atoms with Crippen molar-refractivity contribution in [2.75, 3.05) is 11.9 Å². The SMILES string of the molecule is Cc1nc2ccccc2c(C)c1CC(=O)NCC(=O)Nc1ccc(-n2cccn2)cc1. The summed E-state index contributed by atoms with van der Waals surface area (Å²) >= 11 is 0. The van der Waals surface area contributed by atoms with Crippen molar-refractivity contribution >= 4 is 28.4 Å². The number of carbonyl (C=O) groups is 2. The number of aryl methyl sites for hydroxylation is 2. The van der Waals surface area contributed by atoms with Crippen molar-refractivity contribution in [2.24, 2.45) is 0 Å². The van der Waals surface area contributed by atoms with E-state index in [4.69, 9.17) is 0 Å². The quantitative estimate of drug-likeness (QED) is 0.507. The number of benzene rings is 2. The third-order valence-electron chi connectivity index (χ3n) is 5.19. The van der Waals surface area contributed by atoms with Gasteiger partial charge in [-0.1, -0.05) is 18.2 Å². The minimum atomic E-state index is -0.287. The Morgan fingerprint density at radius 2 is 1.74 bits per heavy atom. The van der Waals surface area contributed by atoms with Gasteiger partial charge in [-0.2, -0.15) is 5.10 Å². The Morgan fingerprint density at radius 3 is 2.48 bits per heavy atom. The summed E-state index contributed by atoms with van der Waals surface area (Å²) in [6.45, 7) is 3.81. The number of anilines is 1. The van der Waals surface area contributed by atoms with Gasteiger partial charge in [0.25, 0.3) is 0 Å². The van der Waals surface area contributed by atoms with E-state index < -0.39 is 0 Å². The van der Waals surface area contributed by atoms with Gasteiger partial charge in [-0.25, -0.2) is 4.68 Å². The molecule has 4 rings (SSSR count). The van der Waals surface area contributed by atoms with Crippen molar-refractivity contribution in [1.82, 2.24) is 20.1 Å². The van der Waals surface area contributed by atoms with Gasteiger partial charge in [0.05, 0.1) is 24.2 Å². The average molecular weight is 413 g/mol. The van der Waals surface area contributed by atoms with Gasteiger partial charge >= 0.3 is 0 Å². The summed E-state index contributed by atoms with van der Waals surface area (Å²) in [6, 6.07) is 17.0. The van der Waals surface area contributed by atoms with E-state index in [1.165, 1.54) is 0 Å². The fourth-order valence-corrected chi connectivity index (χ4v) is 3.56. The van der Waals surface area contributed by atoms with Gasteiger partial charge in [0.15, 0.2) is 0 Å². The van der Waals surface area contributed by atoms with E-state index in [1.807, 2.05) is 62.5 Å². The van der Waals surface area contributed by atoms with Crippen molar-refractivity contribution in [3.63, 3.8) is 0 Å². The van der Waals surface area contributed by atoms with Crippen LogP contribution in [0.2, 0.25) is 0 Å². The van der Waals surface area contributed by atoms with E-state index in [0.717, 1.165) is 33.4 Å². The zero-order valence-electron chi connectivity index (χ0n) is 17.4. The average Bonchev–Trinajstić information content (AvgIpc) is 3.31. The second-order valence-electron chi connectivity index (χ2n) is 7.32. The Morgan fingerprint density at radius 1 is 0.968 bits per heavy atom. The lowest BCUT2D eigenvalue weighted by Gasteiger charge is -2.13. The molecule has 0 spiro atoms. The lowest BCUT2D eigenvalue weighted by molar-refractivity contribution is -0.123. The standard InChI is InChI=1S/C24H23N5O2/c1-16-20-6-3-4-7-22(20)27-17(2)21(16)14-23(30)25-15-24(31)28-18-8-10-19(11-9-18)29-13-5-12-26-29/h3-13H,14-15H2,1-2H3,(H,25,30)(H,28,31). The molecule has 2 aromatic carbocycles. The van der Waals surface area contributed by atoms with Gasteiger partial charge in [-0.15, -0.1) is 0 Å². The summed E-state index contributed by atoms with van der Waals surface area (Å²) in [4.78, 5) is 29.3. The molecule has 0 fully saturated rings. The van der Waals surface area contributed by atoms with Gasteiger partial charge in [0.2, 0.25) is 11.8 Å². The lowest BCUT2D eigenvalue weighted by atomic mass is 9.99. The van der Waals surface area contributed by atoms with E-state index in [2.05, 4.69) is 20.7 Å². The van der Waals surface area contributed by atoms with Gasteiger partial charge in [-0.05, 0) is 61.4 Å². The first-order valence-electron chi connectivity index (χ1n) is 10.0. The molecule has 2 aromatic heterocycles. The first-order valence-corrected chi connectivity index (χ1v) is 10.0. The number of hydrogen-bond acceptors (Lipinski definition) is 4. The van der Waals surface area contributed by atoms with Crippen LogP contribution in [0, 0.1) is 13.8 Å². The molecule has 0 radical (unpaired) electrons. The summed E-state index contributed by atoms with van der Waals surface area (Å²) < 4.78 is 1.73. The third-order valence-corrected chi connectivity index (χ3v) is 5.19. The number of amides is 2. The Bertz CT molecular complexity index is 1230. The van der Waals surface area contributed by atoms with E-state index in [9.17, 15) is 9.59 Å². The maximum absolute atomic E-state index is 12.5. The first kappa shape index (κ1) is 20.3. The largest absolute Gasteiger partial charge is 0.347 e. The molecule has 0 aliphatic rings. The minimum Gasteiger partial charge on any atom is -0.347 e. The predicted octanol–water partition coefficient (Wildman–Crippen LogP) is 3.33. The van der Waals surface area contributed by atoms with E-state index in [1.54, 1.807) is 23.0 Å². The fourth-order valence-electron chi connectivity index (χ4n) is 3.56. The van der Waals surface area contributed by atoms with Crippen LogP contribution in [-0.4, -0.2) is 33.1 Å². The van der Waals surface area contributed by atoms with Crippen LogP contribution in [0.25, 0.3) is 16.6 Å². The van der Waals surface area contributed by atoms with Crippen LogP contribution in [-0.2, 0) is 16.0 Å². The zero-order chi connectivity index (χ0) is 21.8. The van der Waals surface area contributed by atoms with Gasteiger partial charge in [0, 0.05) is 29.2 Å². The normalized spacial score (nSPS) is 10.8. The van der Waals surface area contributed by atoms with Gasteiger partial charge in [-0.3, -0.25) is 14.6 Å². The third kappa shape index (κ3) is 4.61. The van der Waals surface area contributed by atoms with Gasteiger partial charge < -0.3 is 10.6 Å². The van der Waals surface area contributed by atoms with Crippen molar-refractivity contribution in [3.8, 4) is 5.69 Å². The van der Waals surface area contributed by atoms with E-state index in [0.29, 0.717) is 5.69 Å². The van der Waals surface area contributed by atoms with E-state index >= 15 is 0 Å². The first-order chi connectivity index (χ1) is 15.0. The number of hydrogen-bond donors (Lipinski definition) is 2. The highest BCUT2D eigenvalue weighted by Gasteiger charge is 2.14. The van der Waals surface area contributed by atoms with Crippen LogP contribution < -0.4 is 10.6 Å². The molecule has 0 atom stereocenters. The second-order valence-corrected chi connectivity index (χ2v) is 7.32. The molecule has 0 unspecified atom stereocenters. The highest BCUT2D eigenvalue weighted by Crippen LogP contribution is 2.22. The van der Waals surface area contributed by atoms with Crippen LogP contribution in [0.3, 0.4) is 0 Å². The highest BCUT2D eigenvalue weighted by molar-refractivity contribution is 5.95. The fraction of sp³-hybridized carbons (Fsp3) is 0.167. The molecule has 2 amide bonds. The molecule has 0 aliphatic carbocycles. The number of carbonyl (C=O) groups excluding carboxylic acids is 2. The molecule has 2 N–H and O–H groups in total. The minimum absolute atomic E-state index is 0.0984. The van der Waals surface area contributed by atoms with Crippen molar-refractivity contribution in [2.45, 2.75) is 20.3 Å². The molecule has 7 heteroatoms. The second kappa shape index (κ2) is 8.79. The smallest absolute Gasteiger partial charge is 0.243 e. The molecule has 0 aliphatic heterocycles. The molecule has 2 heterocycles. The Hall–Kier alpha value is -4.00. The number of pyridine rings is 1. The topological polar surface area (TPSA) is 88.9 Å². The summed E-state index contributed by atoms with van der Waals surface area (Å²) in [5, 5.41) is 10.7. The Kier molecular flexibility index (Phi) is 5.75. The Labute approximate surface area is 180 Å². The molecule has 0 saturated carbocycles. The highest BCUT2D eigenvalue weighted by atomic mass is 16.2. The van der Waals surface area contributed by atoms with Crippen LogP contribution in [0.1, 0.15) is 16.8 Å².